The Labute approximate surface area is 181 Å². The van der Waals surface area contributed by atoms with Crippen LogP contribution in [0.4, 0.5) is 0 Å². The Hall–Kier alpha value is -1.59. The molecule has 2 aliphatic carbocycles. The molecule has 0 radical (unpaired) electrons. The molecule has 0 aromatic heterocycles. The van der Waals surface area contributed by atoms with Crippen LogP contribution in [0.15, 0.2) is 24.3 Å². The van der Waals surface area contributed by atoms with Gasteiger partial charge >= 0.3 is 5.97 Å². The SMILES string of the molecule is COC(=O)CC(c1ccc(OCC2CCCC3(CCCCC3)C2)cc1)C(OC)OC. The van der Waals surface area contributed by atoms with Crippen molar-refractivity contribution in [3.05, 3.63) is 29.8 Å². The van der Waals surface area contributed by atoms with Gasteiger partial charge < -0.3 is 18.9 Å². The number of hydrogen-bond acceptors (Lipinski definition) is 5. The fourth-order valence-electron chi connectivity index (χ4n) is 5.56. The third-order valence-corrected chi connectivity index (χ3v) is 7.16. The lowest BCUT2D eigenvalue weighted by Gasteiger charge is -2.43. The van der Waals surface area contributed by atoms with Gasteiger partial charge in [-0.15, -0.1) is 0 Å². The zero-order valence-corrected chi connectivity index (χ0v) is 18.9. The minimum atomic E-state index is -0.509. The van der Waals surface area contributed by atoms with Gasteiger partial charge in [0, 0.05) is 20.1 Å². The Morgan fingerprint density at radius 1 is 1.00 bits per heavy atom. The minimum absolute atomic E-state index is 0.202. The topological polar surface area (TPSA) is 54.0 Å². The number of esters is 1. The van der Waals surface area contributed by atoms with Crippen LogP contribution in [-0.2, 0) is 19.0 Å². The van der Waals surface area contributed by atoms with Gasteiger partial charge in [0.1, 0.15) is 5.75 Å². The standard InChI is InChI=1S/C25H38O5/c1-27-23(26)16-22(24(28-2)29-3)20-9-11-21(12-10-20)30-18-19-8-7-15-25(17-19)13-5-4-6-14-25/h9-12,19,22,24H,4-8,13-18H2,1-3H3. The van der Waals surface area contributed by atoms with Crippen molar-refractivity contribution in [2.45, 2.75) is 76.4 Å². The summed E-state index contributed by atoms with van der Waals surface area (Å²) >= 11 is 0. The number of carbonyl (C=O) groups excluding carboxylic acids is 1. The molecule has 5 heteroatoms. The van der Waals surface area contributed by atoms with E-state index in [0.29, 0.717) is 11.3 Å². The van der Waals surface area contributed by atoms with E-state index < -0.39 is 6.29 Å². The van der Waals surface area contributed by atoms with Gasteiger partial charge in [-0.25, -0.2) is 0 Å². The van der Waals surface area contributed by atoms with Crippen molar-refractivity contribution < 1.29 is 23.7 Å². The lowest BCUT2D eigenvalue weighted by atomic mass is 9.63. The van der Waals surface area contributed by atoms with Gasteiger partial charge in [-0.3, -0.25) is 4.79 Å². The molecule has 0 heterocycles. The summed E-state index contributed by atoms with van der Waals surface area (Å²) in [4.78, 5) is 11.8. The fraction of sp³-hybridized carbons (Fsp3) is 0.720. The van der Waals surface area contributed by atoms with E-state index >= 15 is 0 Å². The number of benzene rings is 1. The van der Waals surface area contributed by atoms with Crippen LogP contribution in [0.2, 0.25) is 0 Å². The smallest absolute Gasteiger partial charge is 0.306 e. The maximum Gasteiger partial charge on any atom is 0.306 e. The first kappa shape index (κ1) is 23.1. The van der Waals surface area contributed by atoms with Crippen molar-refractivity contribution >= 4 is 5.97 Å². The third-order valence-electron chi connectivity index (χ3n) is 7.16. The van der Waals surface area contributed by atoms with Crippen molar-refractivity contribution in [3.8, 4) is 5.75 Å². The molecule has 0 saturated heterocycles. The molecule has 1 spiro atoms. The number of methoxy groups -OCH3 is 3. The van der Waals surface area contributed by atoms with E-state index in [4.69, 9.17) is 18.9 Å². The first-order valence-corrected chi connectivity index (χ1v) is 11.4. The van der Waals surface area contributed by atoms with Gasteiger partial charge in [0.05, 0.1) is 20.1 Å². The molecule has 1 aromatic rings. The van der Waals surface area contributed by atoms with E-state index in [9.17, 15) is 4.79 Å². The van der Waals surface area contributed by atoms with Crippen LogP contribution in [0.5, 0.6) is 5.75 Å². The van der Waals surface area contributed by atoms with E-state index in [0.717, 1.165) is 17.9 Å². The minimum Gasteiger partial charge on any atom is -0.493 e. The Balaban J connectivity index is 1.58. The van der Waals surface area contributed by atoms with Crippen LogP contribution in [0.1, 0.15) is 75.7 Å². The summed E-state index contributed by atoms with van der Waals surface area (Å²) in [5, 5.41) is 0. The molecular formula is C25H38O5. The first-order valence-electron chi connectivity index (χ1n) is 11.4. The van der Waals surface area contributed by atoms with Crippen molar-refractivity contribution in [1.82, 2.24) is 0 Å². The maximum absolute atomic E-state index is 11.8. The maximum atomic E-state index is 11.8. The Morgan fingerprint density at radius 2 is 1.67 bits per heavy atom. The molecule has 2 aliphatic rings. The van der Waals surface area contributed by atoms with Gasteiger partial charge in [0.25, 0.3) is 0 Å². The van der Waals surface area contributed by atoms with E-state index in [1.165, 1.54) is 64.9 Å². The zero-order valence-electron chi connectivity index (χ0n) is 18.9. The highest BCUT2D eigenvalue weighted by Gasteiger charge is 2.37. The lowest BCUT2D eigenvalue weighted by molar-refractivity contribution is -0.149. The van der Waals surface area contributed by atoms with Gasteiger partial charge in [-0.05, 0) is 61.1 Å². The molecule has 3 rings (SSSR count). The van der Waals surface area contributed by atoms with Crippen molar-refractivity contribution in [1.29, 1.82) is 0 Å². The summed E-state index contributed by atoms with van der Waals surface area (Å²) in [5.74, 6) is 1.03. The summed E-state index contributed by atoms with van der Waals surface area (Å²) in [7, 11) is 4.56. The molecule has 168 valence electrons. The van der Waals surface area contributed by atoms with Crippen LogP contribution in [0.3, 0.4) is 0 Å². The Morgan fingerprint density at radius 3 is 2.30 bits per heavy atom. The molecule has 30 heavy (non-hydrogen) atoms. The molecule has 0 amide bonds. The summed E-state index contributed by atoms with van der Waals surface area (Å²) in [6, 6.07) is 7.97. The molecule has 2 unspecified atom stereocenters. The molecule has 2 atom stereocenters. The summed E-state index contributed by atoms with van der Waals surface area (Å²) in [6.07, 6.45) is 12.1. The molecule has 0 aliphatic heterocycles. The van der Waals surface area contributed by atoms with Crippen molar-refractivity contribution in [2.24, 2.45) is 11.3 Å². The van der Waals surface area contributed by atoms with E-state index in [2.05, 4.69) is 0 Å². The predicted octanol–water partition coefficient (Wildman–Crippen LogP) is 5.47. The van der Waals surface area contributed by atoms with Gasteiger partial charge in [0.2, 0.25) is 0 Å². The van der Waals surface area contributed by atoms with E-state index in [1.54, 1.807) is 14.2 Å². The number of carbonyl (C=O) groups is 1. The average molecular weight is 419 g/mol. The number of hydrogen-bond donors (Lipinski definition) is 0. The monoisotopic (exact) mass is 418 g/mol. The van der Waals surface area contributed by atoms with Gasteiger partial charge in [0.15, 0.2) is 6.29 Å². The summed E-state index contributed by atoms with van der Waals surface area (Å²) < 4.78 is 21.8. The molecule has 1 aromatic carbocycles. The van der Waals surface area contributed by atoms with Crippen LogP contribution in [0, 0.1) is 11.3 Å². The molecular weight excluding hydrogens is 380 g/mol. The Bertz CT molecular complexity index is 640. The second kappa shape index (κ2) is 11.1. The molecule has 5 nitrogen and oxygen atoms in total. The summed E-state index contributed by atoms with van der Waals surface area (Å²) in [6.45, 7) is 0.797. The predicted molar refractivity (Wildman–Crippen MR) is 117 cm³/mol. The summed E-state index contributed by atoms with van der Waals surface area (Å²) in [5.41, 5.74) is 1.57. The average Bonchev–Trinajstić information content (AvgIpc) is 2.78. The van der Waals surface area contributed by atoms with Crippen LogP contribution < -0.4 is 4.74 Å². The van der Waals surface area contributed by atoms with Gasteiger partial charge in [-0.2, -0.15) is 0 Å². The van der Waals surface area contributed by atoms with Gasteiger partial charge in [-0.1, -0.05) is 37.8 Å². The second-order valence-corrected chi connectivity index (χ2v) is 9.13. The fourth-order valence-corrected chi connectivity index (χ4v) is 5.56. The van der Waals surface area contributed by atoms with E-state index in [-0.39, 0.29) is 18.3 Å². The highest BCUT2D eigenvalue weighted by molar-refractivity contribution is 5.70. The second-order valence-electron chi connectivity index (χ2n) is 9.13. The number of ether oxygens (including phenoxy) is 4. The molecule has 0 bridgehead atoms. The molecule has 2 fully saturated rings. The highest BCUT2D eigenvalue weighted by Crippen LogP contribution is 2.49. The van der Waals surface area contributed by atoms with Crippen molar-refractivity contribution in [2.75, 3.05) is 27.9 Å². The van der Waals surface area contributed by atoms with Crippen LogP contribution >= 0.6 is 0 Å². The highest BCUT2D eigenvalue weighted by atomic mass is 16.7. The first-order chi connectivity index (χ1) is 14.6. The third kappa shape index (κ3) is 5.98. The van der Waals surface area contributed by atoms with Crippen LogP contribution in [-0.4, -0.2) is 40.2 Å². The van der Waals surface area contributed by atoms with Crippen molar-refractivity contribution in [3.63, 3.8) is 0 Å². The molecule has 2 saturated carbocycles. The normalized spacial score (nSPS) is 22.1. The number of rotatable bonds is 9. The lowest BCUT2D eigenvalue weighted by Crippen LogP contribution is -2.33. The largest absolute Gasteiger partial charge is 0.493 e. The quantitative estimate of drug-likeness (QED) is 0.393. The zero-order chi connectivity index (χ0) is 21.4. The Kier molecular flexibility index (Phi) is 8.58. The van der Waals surface area contributed by atoms with Crippen LogP contribution in [0.25, 0.3) is 0 Å². The molecule has 0 N–H and O–H groups in total. The van der Waals surface area contributed by atoms with E-state index in [1.807, 2.05) is 24.3 Å².